The van der Waals surface area contributed by atoms with Crippen LogP contribution in [-0.4, -0.2) is 37.5 Å². The first-order valence-electron chi connectivity index (χ1n) is 4.09. The molecule has 0 radical (unpaired) electrons. The summed E-state index contributed by atoms with van der Waals surface area (Å²) in [5.41, 5.74) is -0.0690. The molecule has 1 heterocycles. The highest BCUT2D eigenvalue weighted by Crippen LogP contribution is 2.20. The van der Waals surface area contributed by atoms with E-state index < -0.39 is 0 Å². The zero-order valence-corrected chi connectivity index (χ0v) is 7.26. The molecule has 1 atom stereocenters. The predicted molar refractivity (Wildman–Crippen MR) is 43.5 cm³/mol. The second-order valence-electron chi connectivity index (χ2n) is 3.73. The highest BCUT2D eigenvalue weighted by molar-refractivity contribution is 4.85. The van der Waals surface area contributed by atoms with Crippen molar-refractivity contribution in [2.45, 2.75) is 19.9 Å². The second kappa shape index (κ2) is 3.52. The van der Waals surface area contributed by atoms with E-state index in [2.05, 4.69) is 5.32 Å². The highest BCUT2D eigenvalue weighted by atomic mass is 16.5. The van der Waals surface area contributed by atoms with Crippen molar-refractivity contribution >= 4 is 0 Å². The minimum atomic E-state index is -0.0690. The molecule has 11 heavy (non-hydrogen) atoms. The van der Waals surface area contributed by atoms with Gasteiger partial charge in [-0.15, -0.1) is 0 Å². The molecule has 1 aliphatic rings. The smallest absolute Gasteiger partial charge is 0.0626 e. The van der Waals surface area contributed by atoms with E-state index >= 15 is 0 Å². The van der Waals surface area contributed by atoms with Crippen LogP contribution in [0.2, 0.25) is 0 Å². The van der Waals surface area contributed by atoms with Gasteiger partial charge in [0.1, 0.15) is 0 Å². The summed E-state index contributed by atoms with van der Waals surface area (Å²) in [5, 5.41) is 12.4. The molecule has 0 amide bonds. The summed E-state index contributed by atoms with van der Waals surface area (Å²) in [6.45, 7) is 6.69. The third-order valence-electron chi connectivity index (χ3n) is 2.27. The van der Waals surface area contributed by atoms with Gasteiger partial charge in [-0.05, 0) is 0 Å². The second-order valence-corrected chi connectivity index (χ2v) is 3.73. The largest absolute Gasteiger partial charge is 0.396 e. The van der Waals surface area contributed by atoms with Crippen LogP contribution in [0.5, 0.6) is 0 Å². The minimum absolute atomic E-state index is 0.0690. The Labute approximate surface area is 67.7 Å². The molecule has 0 bridgehead atoms. The summed E-state index contributed by atoms with van der Waals surface area (Å²) in [7, 11) is 0. The maximum Gasteiger partial charge on any atom is 0.0626 e. The van der Waals surface area contributed by atoms with E-state index in [9.17, 15) is 0 Å². The Morgan fingerprint density at radius 3 is 2.82 bits per heavy atom. The topological polar surface area (TPSA) is 41.5 Å². The molecule has 0 aliphatic carbocycles. The average Bonchev–Trinajstić information content (AvgIpc) is 2.06. The summed E-state index contributed by atoms with van der Waals surface area (Å²) in [6.07, 6.45) is 0. The van der Waals surface area contributed by atoms with Gasteiger partial charge < -0.3 is 15.2 Å². The van der Waals surface area contributed by atoms with Crippen molar-refractivity contribution in [3.8, 4) is 0 Å². The molecule has 0 aromatic heterocycles. The van der Waals surface area contributed by atoms with Gasteiger partial charge in [0.2, 0.25) is 0 Å². The van der Waals surface area contributed by atoms with Crippen molar-refractivity contribution in [3.05, 3.63) is 0 Å². The van der Waals surface area contributed by atoms with Gasteiger partial charge >= 0.3 is 0 Å². The summed E-state index contributed by atoms with van der Waals surface area (Å²) >= 11 is 0. The van der Waals surface area contributed by atoms with Crippen LogP contribution >= 0.6 is 0 Å². The first-order valence-corrected chi connectivity index (χ1v) is 4.09. The van der Waals surface area contributed by atoms with E-state index in [4.69, 9.17) is 9.84 Å². The number of nitrogens with one attached hydrogen (secondary N) is 1. The third-order valence-corrected chi connectivity index (χ3v) is 2.27. The SMILES string of the molecule is CC(C)(CO)C1COCCN1. The van der Waals surface area contributed by atoms with Gasteiger partial charge in [0.25, 0.3) is 0 Å². The van der Waals surface area contributed by atoms with Gasteiger partial charge in [0, 0.05) is 24.6 Å². The maximum absolute atomic E-state index is 9.05. The van der Waals surface area contributed by atoms with Crippen LogP contribution in [0.25, 0.3) is 0 Å². The van der Waals surface area contributed by atoms with Crippen LogP contribution in [0, 0.1) is 5.41 Å². The first-order chi connectivity index (χ1) is 5.17. The van der Waals surface area contributed by atoms with Crippen LogP contribution in [0.1, 0.15) is 13.8 Å². The average molecular weight is 159 g/mol. The highest BCUT2D eigenvalue weighted by Gasteiger charge is 2.30. The normalized spacial score (nSPS) is 27.0. The Hall–Kier alpha value is -0.120. The molecular formula is C8H17NO2. The van der Waals surface area contributed by atoms with Crippen LogP contribution in [0.4, 0.5) is 0 Å². The first kappa shape index (κ1) is 8.97. The fraction of sp³-hybridized carbons (Fsp3) is 1.00. The molecule has 0 aromatic rings. The Bertz CT molecular complexity index is 119. The van der Waals surface area contributed by atoms with Crippen LogP contribution < -0.4 is 5.32 Å². The van der Waals surface area contributed by atoms with Gasteiger partial charge in [0.15, 0.2) is 0 Å². The van der Waals surface area contributed by atoms with E-state index in [1.165, 1.54) is 0 Å². The molecule has 1 saturated heterocycles. The Morgan fingerprint density at radius 1 is 1.64 bits per heavy atom. The molecule has 1 unspecified atom stereocenters. The lowest BCUT2D eigenvalue weighted by atomic mass is 9.85. The monoisotopic (exact) mass is 159 g/mol. The van der Waals surface area contributed by atoms with Crippen molar-refractivity contribution in [2.75, 3.05) is 26.4 Å². The van der Waals surface area contributed by atoms with E-state index in [0.29, 0.717) is 12.6 Å². The van der Waals surface area contributed by atoms with Crippen molar-refractivity contribution < 1.29 is 9.84 Å². The van der Waals surface area contributed by atoms with E-state index in [1.807, 2.05) is 13.8 Å². The molecule has 0 spiro atoms. The lowest BCUT2D eigenvalue weighted by Crippen LogP contribution is -2.51. The van der Waals surface area contributed by atoms with E-state index in [-0.39, 0.29) is 12.0 Å². The van der Waals surface area contributed by atoms with Gasteiger partial charge in [-0.1, -0.05) is 13.8 Å². The Morgan fingerprint density at radius 2 is 2.36 bits per heavy atom. The zero-order chi connectivity index (χ0) is 8.32. The van der Waals surface area contributed by atoms with Gasteiger partial charge in [0.05, 0.1) is 13.2 Å². The zero-order valence-electron chi connectivity index (χ0n) is 7.26. The van der Waals surface area contributed by atoms with Gasteiger partial charge in [-0.2, -0.15) is 0 Å². The number of hydrogen-bond acceptors (Lipinski definition) is 3. The number of rotatable bonds is 2. The Kier molecular flexibility index (Phi) is 2.87. The molecule has 1 rings (SSSR count). The van der Waals surface area contributed by atoms with Gasteiger partial charge in [-0.25, -0.2) is 0 Å². The maximum atomic E-state index is 9.05. The quantitative estimate of drug-likeness (QED) is 0.595. The fourth-order valence-corrected chi connectivity index (χ4v) is 1.18. The minimum Gasteiger partial charge on any atom is -0.396 e. The summed E-state index contributed by atoms with van der Waals surface area (Å²) < 4.78 is 5.30. The van der Waals surface area contributed by atoms with Gasteiger partial charge in [-0.3, -0.25) is 0 Å². The lowest BCUT2D eigenvalue weighted by Gasteiger charge is -2.35. The predicted octanol–water partition coefficient (Wildman–Crippen LogP) is -0.00670. The molecule has 1 aliphatic heterocycles. The standard InChI is InChI=1S/C8H17NO2/c1-8(2,6-10)7-5-11-4-3-9-7/h7,9-10H,3-6H2,1-2H3. The number of ether oxygens (including phenoxy) is 1. The number of hydrogen-bond donors (Lipinski definition) is 2. The number of morpholine rings is 1. The van der Waals surface area contributed by atoms with Crippen molar-refractivity contribution in [1.82, 2.24) is 5.32 Å². The van der Waals surface area contributed by atoms with Crippen molar-refractivity contribution in [1.29, 1.82) is 0 Å². The van der Waals surface area contributed by atoms with Crippen LogP contribution in [-0.2, 0) is 4.74 Å². The fourth-order valence-electron chi connectivity index (χ4n) is 1.18. The third kappa shape index (κ3) is 2.15. The molecule has 1 fully saturated rings. The summed E-state index contributed by atoms with van der Waals surface area (Å²) in [5.74, 6) is 0. The number of aliphatic hydroxyl groups is 1. The molecule has 0 aromatic carbocycles. The van der Waals surface area contributed by atoms with Crippen LogP contribution in [0.3, 0.4) is 0 Å². The summed E-state index contributed by atoms with van der Waals surface area (Å²) in [4.78, 5) is 0. The van der Waals surface area contributed by atoms with Crippen LogP contribution in [0.15, 0.2) is 0 Å². The molecule has 0 saturated carbocycles. The molecule has 66 valence electrons. The molecule has 3 heteroatoms. The molecule has 2 N–H and O–H groups in total. The Balaban J connectivity index is 2.43. The molecular weight excluding hydrogens is 142 g/mol. The van der Waals surface area contributed by atoms with Crippen molar-refractivity contribution in [3.63, 3.8) is 0 Å². The van der Waals surface area contributed by atoms with E-state index in [1.54, 1.807) is 0 Å². The lowest BCUT2D eigenvalue weighted by molar-refractivity contribution is 0.0111. The molecule has 3 nitrogen and oxygen atoms in total. The van der Waals surface area contributed by atoms with E-state index in [0.717, 1.165) is 13.2 Å². The number of aliphatic hydroxyl groups excluding tert-OH is 1. The summed E-state index contributed by atoms with van der Waals surface area (Å²) in [6, 6.07) is 0.293. The van der Waals surface area contributed by atoms with Crippen molar-refractivity contribution in [2.24, 2.45) is 5.41 Å².